The quantitative estimate of drug-likeness (QED) is 0.630. The van der Waals surface area contributed by atoms with Gasteiger partial charge in [0.15, 0.2) is 0 Å². The van der Waals surface area contributed by atoms with Gasteiger partial charge in [-0.05, 0) is 32.9 Å². The SMILES string of the molecule is CC1(NS(C)(=O)=O)CCNCC1. The third-order valence-corrected chi connectivity index (χ3v) is 3.00. The minimum Gasteiger partial charge on any atom is -0.317 e. The lowest BCUT2D eigenvalue weighted by Crippen LogP contribution is -2.51. The Kier molecular flexibility index (Phi) is 2.75. The molecule has 0 aromatic rings. The van der Waals surface area contributed by atoms with Gasteiger partial charge >= 0.3 is 0 Å². The van der Waals surface area contributed by atoms with Crippen LogP contribution < -0.4 is 10.0 Å². The van der Waals surface area contributed by atoms with E-state index in [9.17, 15) is 8.42 Å². The van der Waals surface area contributed by atoms with Crippen molar-refractivity contribution in [3.63, 3.8) is 0 Å². The zero-order valence-electron chi connectivity index (χ0n) is 7.55. The lowest BCUT2D eigenvalue weighted by Gasteiger charge is -2.33. The largest absolute Gasteiger partial charge is 0.317 e. The van der Waals surface area contributed by atoms with Crippen LogP contribution in [0.3, 0.4) is 0 Å². The number of hydrogen-bond acceptors (Lipinski definition) is 3. The van der Waals surface area contributed by atoms with Gasteiger partial charge in [0.2, 0.25) is 10.0 Å². The van der Waals surface area contributed by atoms with Crippen molar-refractivity contribution in [2.24, 2.45) is 0 Å². The maximum Gasteiger partial charge on any atom is 0.209 e. The molecule has 1 heterocycles. The molecule has 5 heteroatoms. The van der Waals surface area contributed by atoms with Crippen molar-refractivity contribution in [2.45, 2.75) is 25.3 Å². The second-order valence-corrected chi connectivity index (χ2v) is 5.43. The van der Waals surface area contributed by atoms with Gasteiger partial charge in [-0.2, -0.15) is 0 Å². The van der Waals surface area contributed by atoms with Crippen molar-refractivity contribution in [1.29, 1.82) is 0 Å². The Labute approximate surface area is 73.8 Å². The van der Waals surface area contributed by atoms with Gasteiger partial charge in [-0.3, -0.25) is 0 Å². The molecule has 12 heavy (non-hydrogen) atoms. The number of hydrogen-bond donors (Lipinski definition) is 2. The lowest BCUT2D eigenvalue weighted by atomic mass is 9.92. The van der Waals surface area contributed by atoms with Gasteiger partial charge in [0.25, 0.3) is 0 Å². The fourth-order valence-corrected chi connectivity index (χ4v) is 2.63. The van der Waals surface area contributed by atoms with E-state index in [0.717, 1.165) is 25.9 Å². The molecule has 72 valence electrons. The van der Waals surface area contributed by atoms with Gasteiger partial charge in [0.05, 0.1) is 6.26 Å². The fraction of sp³-hybridized carbons (Fsp3) is 1.00. The first-order valence-corrected chi connectivity index (χ1v) is 6.00. The van der Waals surface area contributed by atoms with Crippen LogP contribution in [0.4, 0.5) is 0 Å². The van der Waals surface area contributed by atoms with E-state index in [1.807, 2.05) is 6.92 Å². The summed E-state index contributed by atoms with van der Waals surface area (Å²) in [5, 5.41) is 3.19. The van der Waals surface area contributed by atoms with Crippen molar-refractivity contribution in [1.82, 2.24) is 10.0 Å². The minimum atomic E-state index is -3.06. The molecular weight excluding hydrogens is 176 g/mol. The Bertz CT molecular complexity index is 242. The summed E-state index contributed by atoms with van der Waals surface area (Å²) in [4.78, 5) is 0. The van der Waals surface area contributed by atoms with Crippen LogP contribution in [0.2, 0.25) is 0 Å². The third-order valence-electron chi connectivity index (χ3n) is 2.14. The zero-order valence-corrected chi connectivity index (χ0v) is 8.37. The average Bonchev–Trinajstić information content (AvgIpc) is 1.83. The molecular formula is C7H16N2O2S. The molecule has 0 bridgehead atoms. The first-order valence-electron chi connectivity index (χ1n) is 4.11. The molecule has 1 rings (SSSR count). The van der Waals surface area contributed by atoms with Crippen molar-refractivity contribution in [2.75, 3.05) is 19.3 Å². The first kappa shape index (κ1) is 9.95. The molecule has 1 aliphatic heterocycles. The molecule has 0 aromatic heterocycles. The normalized spacial score (nSPS) is 23.8. The highest BCUT2D eigenvalue weighted by Gasteiger charge is 2.29. The smallest absolute Gasteiger partial charge is 0.209 e. The Morgan fingerprint density at radius 2 is 1.83 bits per heavy atom. The molecule has 1 saturated heterocycles. The van der Waals surface area contributed by atoms with E-state index in [2.05, 4.69) is 10.0 Å². The summed E-state index contributed by atoms with van der Waals surface area (Å²) in [6, 6.07) is 0. The van der Waals surface area contributed by atoms with Crippen molar-refractivity contribution in [3.05, 3.63) is 0 Å². The van der Waals surface area contributed by atoms with Crippen molar-refractivity contribution < 1.29 is 8.42 Å². The predicted octanol–water partition coefficient (Wildman–Crippen LogP) is -0.322. The molecule has 0 aliphatic carbocycles. The Morgan fingerprint density at radius 1 is 1.33 bits per heavy atom. The molecule has 0 aromatic carbocycles. The second kappa shape index (κ2) is 3.32. The summed E-state index contributed by atoms with van der Waals surface area (Å²) in [5.74, 6) is 0. The summed E-state index contributed by atoms with van der Waals surface area (Å²) in [6.45, 7) is 3.73. The molecule has 0 saturated carbocycles. The highest BCUT2D eigenvalue weighted by atomic mass is 32.2. The minimum absolute atomic E-state index is 0.237. The molecule has 0 unspecified atom stereocenters. The summed E-state index contributed by atoms with van der Waals surface area (Å²) < 4.78 is 24.6. The van der Waals surface area contributed by atoms with E-state index in [-0.39, 0.29) is 5.54 Å². The van der Waals surface area contributed by atoms with Crippen LogP contribution >= 0.6 is 0 Å². The van der Waals surface area contributed by atoms with E-state index < -0.39 is 10.0 Å². The van der Waals surface area contributed by atoms with Crippen LogP contribution in [-0.4, -0.2) is 33.3 Å². The first-order chi connectivity index (χ1) is 5.41. The summed E-state index contributed by atoms with van der Waals surface area (Å²) in [7, 11) is -3.06. The van der Waals surface area contributed by atoms with E-state index in [1.165, 1.54) is 6.26 Å². The predicted molar refractivity (Wildman–Crippen MR) is 48.5 cm³/mol. The highest BCUT2D eigenvalue weighted by molar-refractivity contribution is 7.88. The van der Waals surface area contributed by atoms with E-state index in [4.69, 9.17) is 0 Å². The standard InChI is InChI=1S/C7H16N2O2S/c1-7(9-12(2,10)11)3-5-8-6-4-7/h8-9H,3-6H2,1-2H3. The Balaban J connectivity index is 2.59. The number of rotatable bonds is 2. The lowest BCUT2D eigenvalue weighted by molar-refractivity contribution is 0.308. The van der Waals surface area contributed by atoms with Crippen LogP contribution in [0.25, 0.3) is 0 Å². The highest BCUT2D eigenvalue weighted by Crippen LogP contribution is 2.17. The van der Waals surface area contributed by atoms with Gasteiger partial charge in [-0.25, -0.2) is 13.1 Å². The number of piperidine rings is 1. The van der Waals surface area contributed by atoms with Crippen molar-refractivity contribution in [3.8, 4) is 0 Å². The van der Waals surface area contributed by atoms with Crippen LogP contribution in [0.1, 0.15) is 19.8 Å². The van der Waals surface area contributed by atoms with Crippen LogP contribution in [0.5, 0.6) is 0 Å². The fourth-order valence-electron chi connectivity index (χ4n) is 1.53. The van der Waals surface area contributed by atoms with Crippen LogP contribution in [0, 0.1) is 0 Å². The molecule has 0 spiro atoms. The molecule has 0 amide bonds. The molecule has 1 fully saturated rings. The molecule has 1 aliphatic rings. The van der Waals surface area contributed by atoms with Gasteiger partial charge in [0, 0.05) is 5.54 Å². The zero-order chi connectivity index (χ0) is 9.24. The topological polar surface area (TPSA) is 58.2 Å². The monoisotopic (exact) mass is 192 g/mol. The Morgan fingerprint density at radius 3 is 2.25 bits per heavy atom. The van der Waals surface area contributed by atoms with E-state index in [1.54, 1.807) is 0 Å². The molecule has 4 nitrogen and oxygen atoms in total. The average molecular weight is 192 g/mol. The maximum atomic E-state index is 11.0. The third kappa shape index (κ3) is 3.08. The number of nitrogens with one attached hydrogen (secondary N) is 2. The maximum absolute atomic E-state index is 11.0. The van der Waals surface area contributed by atoms with E-state index in [0.29, 0.717) is 0 Å². The second-order valence-electron chi connectivity index (χ2n) is 3.68. The van der Waals surface area contributed by atoms with Crippen LogP contribution in [-0.2, 0) is 10.0 Å². The van der Waals surface area contributed by atoms with Gasteiger partial charge in [0.1, 0.15) is 0 Å². The van der Waals surface area contributed by atoms with Gasteiger partial charge in [-0.15, -0.1) is 0 Å². The summed E-state index contributed by atoms with van der Waals surface area (Å²) >= 11 is 0. The van der Waals surface area contributed by atoms with Gasteiger partial charge in [-0.1, -0.05) is 0 Å². The van der Waals surface area contributed by atoms with Crippen LogP contribution in [0.15, 0.2) is 0 Å². The Hall–Kier alpha value is -0.130. The molecule has 0 atom stereocenters. The van der Waals surface area contributed by atoms with E-state index >= 15 is 0 Å². The summed E-state index contributed by atoms with van der Waals surface area (Å²) in [5.41, 5.74) is -0.237. The van der Waals surface area contributed by atoms with Crippen molar-refractivity contribution >= 4 is 10.0 Å². The number of sulfonamides is 1. The van der Waals surface area contributed by atoms with Gasteiger partial charge < -0.3 is 5.32 Å². The summed E-state index contributed by atoms with van der Waals surface area (Å²) in [6.07, 6.45) is 2.93. The molecule has 2 N–H and O–H groups in total. The molecule has 0 radical (unpaired) electrons.